The number of carbonyl (C=O) groups excluding carboxylic acids is 2. The molecule has 6 heteroatoms. The van der Waals surface area contributed by atoms with Gasteiger partial charge in [-0.1, -0.05) is 18.2 Å². The Balaban J connectivity index is 2.38. The number of rotatable bonds is 5. The fourth-order valence-electron chi connectivity index (χ4n) is 1.75. The number of nitrogens with two attached hydrogens (primary N) is 1. The minimum Gasteiger partial charge on any atom is -0.450 e. The molecule has 0 saturated heterocycles. The highest BCUT2D eigenvalue weighted by Gasteiger charge is 2.21. The lowest BCUT2D eigenvalue weighted by Gasteiger charge is -2.02. The van der Waals surface area contributed by atoms with E-state index in [-0.39, 0.29) is 12.4 Å². The molecule has 0 spiro atoms. The van der Waals surface area contributed by atoms with Gasteiger partial charge >= 0.3 is 5.97 Å². The van der Waals surface area contributed by atoms with Gasteiger partial charge < -0.3 is 19.6 Å². The molecule has 1 aromatic heterocycles. The quantitative estimate of drug-likeness (QED) is 0.819. The van der Waals surface area contributed by atoms with Crippen LogP contribution in [0.4, 0.5) is 0 Å². The van der Waals surface area contributed by atoms with Crippen molar-refractivity contribution < 1.29 is 23.5 Å². The van der Waals surface area contributed by atoms with E-state index in [0.717, 1.165) is 5.39 Å². The lowest BCUT2D eigenvalue weighted by atomic mass is 10.1. The highest BCUT2D eigenvalue weighted by Crippen LogP contribution is 2.27. The summed E-state index contributed by atoms with van der Waals surface area (Å²) < 4.78 is 15.2. The molecule has 0 saturated carbocycles. The molecule has 19 heavy (non-hydrogen) atoms. The molecule has 0 aliphatic carbocycles. The van der Waals surface area contributed by atoms with Crippen molar-refractivity contribution in [2.24, 2.45) is 5.73 Å². The lowest BCUT2D eigenvalue weighted by Crippen LogP contribution is -2.21. The maximum atomic E-state index is 11.8. The number of fused-ring (bicyclic) bond motifs is 1. The van der Waals surface area contributed by atoms with Crippen LogP contribution in [0.15, 0.2) is 28.7 Å². The summed E-state index contributed by atoms with van der Waals surface area (Å²) in [7, 11) is 1.51. The second kappa shape index (κ2) is 5.53. The maximum absolute atomic E-state index is 11.8. The molecule has 0 aliphatic rings. The summed E-state index contributed by atoms with van der Waals surface area (Å²) in [5.41, 5.74) is 6.07. The summed E-state index contributed by atoms with van der Waals surface area (Å²) in [6, 6.07) is 7.17. The van der Waals surface area contributed by atoms with Gasteiger partial charge in [0.05, 0.1) is 6.61 Å². The maximum Gasteiger partial charge on any atom is 0.375 e. The van der Waals surface area contributed by atoms with Gasteiger partial charge in [-0.15, -0.1) is 0 Å². The molecule has 100 valence electrons. The van der Waals surface area contributed by atoms with Crippen molar-refractivity contribution in [3.8, 4) is 0 Å². The Morgan fingerprint density at radius 3 is 2.74 bits per heavy atom. The third-order valence-electron chi connectivity index (χ3n) is 2.52. The van der Waals surface area contributed by atoms with E-state index in [0.29, 0.717) is 11.1 Å². The van der Waals surface area contributed by atoms with Gasteiger partial charge in [-0.3, -0.25) is 4.79 Å². The molecule has 0 bridgehead atoms. The predicted molar refractivity (Wildman–Crippen MR) is 66.4 cm³/mol. The number of hydrogen-bond donors (Lipinski definition) is 1. The van der Waals surface area contributed by atoms with Crippen LogP contribution in [0.1, 0.15) is 16.1 Å². The average Bonchev–Trinajstić information content (AvgIpc) is 2.76. The molecule has 1 aromatic carbocycles. The summed E-state index contributed by atoms with van der Waals surface area (Å²) in [5.74, 6) is -1.43. The minimum atomic E-state index is -0.734. The van der Waals surface area contributed by atoms with E-state index in [9.17, 15) is 9.59 Å². The molecule has 1 amide bonds. The zero-order chi connectivity index (χ0) is 13.8. The van der Waals surface area contributed by atoms with Crippen LogP contribution in [0, 0.1) is 0 Å². The molecule has 0 atom stereocenters. The molecule has 0 unspecified atom stereocenters. The molecule has 2 aromatic rings. The Hall–Kier alpha value is -2.34. The van der Waals surface area contributed by atoms with Crippen LogP contribution in [-0.4, -0.2) is 25.6 Å². The first-order valence-corrected chi connectivity index (χ1v) is 5.58. The monoisotopic (exact) mass is 263 g/mol. The Bertz CT molecular complexity index is 617. The largest absolute Gasteiger partial charge is 0.450 e. The number of ether oxygens (including phenoxy) is 2. The number of methoxy groups -OCH3 is 1. The molecule has 2 N–H and O–H groups in total. The number of hydrogen-bond acceptors (Lipinski definition) is 5. The van der Waals surface area contributed by atoms with E-state index < -0.39 is 18.5 Å². The smallest absolute Gasteiger partial charge is 0.375 e. The van der Waals surface area contributed by atoms with Gasteiger partial charge in [-0.2, -0.15) is 0 Å². The van der Waals surface area contributed by atoms with Crippen molar-refractivity contribution in [1.82, 2.24) is 0 Å². The number of amides is 1. The van der Waals surface area contributed by atoms with Gasteiger partial charge in [0.1, 0.15) is 5.58 Å². The molecular formula is C13H13NO5. The van der Waals surface area contributed by atoms with Gasteiger partial charge in [-0.05, 0) is 6.07 Å². The van der Waals surface area contributed by atoms with Crippen molar-refractivity contribution >= 4 is 22.8 Å². The van der Waals surface area contributed by atoms with Crippen LogP contribution in [0.25, 0.3) is 11.0 Å². The number of esters is 1. The van der Waals surface area contributed by atoms with Crippen molar-refractivity contribution in [2.75, 3.05) is 13.7 Å². The van der Waals surface area contributed by atoms with Crippen LogP contribution in [0.2, 0.25) is 0 Å². The molecule has 1 heterocycles. The minimum absolute atomic E-state index is 0.0318. The van der Waals surface area contributed by atoms with Crippen LogP contribution < -0.4 is 5.73 Å². The van der Waals surface area contributed by atoms with Gasteiger partial charge in [-0.25, -0.2) is 4.79 Å². The van der Waals surface area contributed by atoms with Gasteiger partial charge in [0.15, 0.2) is 6.61 Å². The second-order valence-electron chi connectivity index (χ2n) is 3.88. The topological polar surface area (TPSA) is 91.8 Å². The Kier molecular flexibility index (Phi) is 3.82. The van der Waals surface area contributed by atoms with E-state index in [1.165, 1.54) is 7.11 Å². The number of furan rings is 1. The molecule has 6 nitrogen and oxygen atoms in total. The fourth-order valence-corrected chi connectivity index (χ4v) is 1.75. The predicted octanol–water partition coefficient (Wildman–Crippen LogP) is 1.22. The Morgan fingerprint density at radius 2 is 2.05 bits per heavy atom. The first-order chi connectivity index (χ1) is 9.13. The summed E-state index contributed by atoms with van der Waals surface area (Å²) in [5, 5.41) is 0.773. The number of carbonyl (C=O) groups is 2. The number of primary amides is 1. The Morgan fingerprint density at radius 1 is 1.32 bits per heavy atom. The van der Waals surface area contributed by atoms with E-state index in [2.05, 4.69) is 0 Å². The van der Waals surface area contributed by atoms with Crippen molar-refractivity contribution in [3.05, 3.63) is 35.6 Å². The molecular weight excluding hydrogens is 250 g/mol. The van der Waals surface area contributed by atoms with E-state index in [1.54, 1.807) is 12.1 Å². The van der Waals surface area contributed by atoms with Crippen molar-refractivity contribution in [3.63, 3.8) is 0 Å². The van der Waals surface area contributed by atoms with Gasteiger partial charge in [0.2, 0.25) is 5.76 Å². The average molecular weight is 263 g/mol. The molecule has 2 rings (SSSR count). The SMILES string of the molecule is COCc1c(C(=O)OCC(N)=O)oc2ccccc12. The summed E-state index contributed by atoms with van der Waals surface area (Å²) >= 11 is 0. The van der Waals surface area contributed by atoms with E-state index >= 15 is 0 Å². The van der Waals surface area contributed by atoms with Gasteiger partial charge in [0.25, 0.3) is 5.91 Å². The van der Waals surface area contributed by atoms with E-state index in [1.807, 2.05) is 12.1 Å². The Labute approximate surface area is 109 Å². The van der Waals surface area contributed by atoms with Crippen molar-refractivity contribution in [2.45, 2.75) is 6.61 Å². The van der Waals surface area contributed by atoms with Crippen LogP contribution >= 0.6 is 0 Å². The first kappa shape index (κ1) is 13.1. The van der Waals surface area contributed by atoms with Crippen LogP contribution in [0.5, 0.6) is 0 Å². The first-order valence-electron chi connectivity index (χ1n) is 5.58. The number of para-hydroxylation sites is 1. The molecule has 0 radical (unpaired) electrons. The summed E-state index contributed by atoms with van der Waals surface area (Å²) in [6.45, 7) is -0.277. The highest BCUT2D eigenvalue weighted by molar-refractivity contribution is 5.96. The number of benzene rings is 1. The van der Waals surface area contributed by atoms with Crippen LogP contribution in [0.3, 0.4) is 0 Å². The van der Waals surface area contributed by atoms with Gasteiger partial charge in [0, 0.05) is 18.1 Å². The molecule has 0 aliphatic heterocycles. The lowest BCUT2D eigenvalue weighted by molar-refractivity contribution is -0.121. The normalized spacial score (nSPS) is 10.6. The van der Waals surface area contributed by atoms with E-state index in [4.69, 9.17) is 19.6 Å². The fraction of sp³-hybridized carbons (Fsp3) is 0.231. The summed E-state index contributed by atoms with van der Waals surface area (Å²) in [4.78, 5) is 22.4. The standard InChI is InChI=1S/C13H13NO5/c1-17-6-9-8-4-2-3-5-10(8)19-12(9)13(16)18-7-11(14)15/h2-5H,6-7H2,1H3,(H2,14,15). The summed E-state index contributed by atoms with van der Waals surface area (Å²) in [6.07, 6.45) is 0. The second-order valence-corrected chi connectivity index (χ2v) is 3.88. The zero-order valence-corrected chi connectivity index (χ0v) is 10.3. The van der Waals surface area contributed by atoms with Crippen LogP contribution in [-0.2, 0) is 20.9 Å². The van der Waals surface area contributed by atoms with Crippen molar-refractivity contribution in [1.29, 1.82) is 0 Å². The molecule has 0 fully saturated rings. The third kappa shape index (κ3) is 2.74. The highest BCUT2D eigenvalue weighted by atomic mass is 16.5. The third-order valence-corrected chi connectivity index (χ3v) is 2.52. The zero-order valence-electron chi connectivity index (χ0n) is 10.3.